The van der Waals surface area contributed by atoms with Crippen molar-refractivity contribution in [1.82, 2.24) is 15.2 Å². The van der Waals surface area contributed by atoms with E-state index in [0.717, 1.165) is 24.3 Å². The number of hydrogen-bond donors (Lipinski definition) is 1. The second kappa shape index (κ2) is 6.13. The number of pyridine rings is 1. The molecule has 0 bridgehead atoms. The number of aryl methyl sites for hydroxylation is 1. The number of aromatic nitrogens is 1. The van der Waals surface area contributed by atoms with E-state index in [-0.39, 0.29) is 0 Å². The molecular formula is C16H23N3. The molecule has 0 radical (unpaired) electrons. The second-order valence-electron chi connectivity index (χ2n) is 5.42. The Balaban J connectivity index is 2.00. The maximum Gasteiger partial charge on any atom is 0.0705 e. The molecule has 0 fully saturated rings. The first kappa shape index (κ1) is 14.0. The number of rotatable bonds is 5. The van der Waals surface area contributed by atoms with Gasteiger partial charge in [0.25, 0.3) is 0 Å². The SMILES string of the molecule is Cc1ccc2cc(CNCC(C)N(C)C)ccc2n1. The van der Waals surface area contributed by atoms with Gasteiger partial charge in [-0.2, -0.15) is 0 Å². The Bertz CT molecular complexity index is 549. The summed E-state index contributed by atoms with van der Waals surface area (Å²) in [5, 5.41) is 4.71. The van der Waals surface area contributed by atoms with Gasteiger partial charge in [0.05, 0.1) is 5.52 Å². The van der Waals surface area contributed by atoms with Gasteiger partial charge in [0.15, 0.2) is 0 Å². The highest BCUT2D eigenvalue weighted by molar-refractivity contribution is 5.79. The van der Waals surface area contributed by atoms with Crippen LogP contribution in [0.25, 0.3) is 10.9 Å². The van der Waals surface area contributed by atoms with Gasteiger partial charge in [0.2, 0.25) is 0 Å². The quantitative estimate of drug-likeness (QED) is 0.892. The third kappa shape index (κ3) is 3.75. The highest BCUT2D eigenvalue weighted by Gasteiger charge is 2.03. The van der Waals surface area contributed by atoms with E-state index in [1.807, 2.05) is 6.92 Å². The molecule has 3 nitrogen and oxygen atoms in total. The molecule has 0 saturated heterocycles. The van der Waals surface area contributed by atoms with Crippen LogP contribution < -0.4 is 5.32 Å². The number of nitrogens with one attached hydrogen (secondary N) is 1. The molecule has 0 amide bonds. The first-order valence-corrected chi connectivity index (χ1v) is 6.79. The molecule has 0 aliphatic rings. The van der Waals surface area contributed by atoms with Crippen molar-refractivity contribution < 1.29 is 0 Å². The van der Waals surface area contributed by atoms with E-state index in [1.165, 1.54) is 10.9 Å². The van der Waals surface area contributed by atoms with Crippen molar-refractivity contribution in [1.29, 1.82) is 0 Å². The standard InChI is InChI=1S/C16H23N3/c1-12-5-7-15-9-14(6-8-16(15)18-12)11-17-10-13(2)19(3)4/h5-9,13,17H,10-11H2,1-4H3. The molecule has 3 heteroatoms. The van der Waals surface area contributed by atoms with E-state index in [1.54, 1.807) is 0 Å². The zero-order valence-corrected chi connectivity index (χ0v) is 12.3. The Kier molecular flexibility index (Phi) is 4.51. The van der Waals surface area contributed by atoms with Crippen molar-refractivity contribution in [2.75, 3.05) is 20.6 Å². The lowest BCUT2D eigenvalue weighted by Gasteiger charge is -2.20. The van der Waals surface area contributed by atoms with Crippen LogP contribution in [0, 0.1) is 6.92 Å². The average Bonchev–Trinajstić information content (AvgIpc) is 2.38. The van der Waals surface area contributed by atoms with E-state index in [2.05, 4.69) is 66.6 Å². The van der Waals surface area contributed by atoms with E-state index in [4.69, 9.17) is 0 Å². The number of likely N-dealkylation sites (N-methyl/N-ethyl adjacent to an activating group) is 1. The van der Waals surface area contributed by atoms with Gasteiger partial charge >= 0.3 is 0 Å². The topological polar surface area (TPSA) is 28.2 Å². The van der Waals surface area contributed by atoms with Gasteiger partial charge in [-0.05, 0) is 51.7 Å². The first-order valence-electron chi connectivity index (χ1n) is 6.79. The first-order chi connectivity index (χ1) is 9.06. The van der Waals surface area contributed by atoms with Gasteiger partial charge in [-0.3, -0.25) is 4.98 Å². The average molecular weight is 257 g/mol. The predicted octanol–water partition coefficient (Wildman–Crippen LogP) is 2.58. The maximum atomic E-state index is 4.52. The summed E-state index contributed by atoms with van der Waals surface area (Å²) < 4.78 is 0. The summed E-state index contributed by atoms with van der Waals surface area (Å²) in [6, 6.07) is 11.2. The van der Waals surface area contributed by atoms with E-state index in [9.17, 15) is 0 Å². The summed E-state index contributed by atoms with van der Waals surface area (Å²) in [6.07, 6.45) is 0. The Morgan fingerprint density at radius 2 is 2.00 bits per heavy atom. The molecule has 1 N–H and O–H groups in total. The van der Waals surface area contributed by atoms with Gasteiger partial charge < -0.3 is 10.2 Å². The van der Waals surface area contributed by atoms with E-state index in [0.29, 0.717) is 6.04 Å². The van der Waals surface area contributed by atoms with Crippen LogP contribution in [-0.4, -0.2) is 36.6 Å². The smallest absolute Gasteiger partial charge is 0.0705 e. The lowest BCUT2D eigenvalue weighted by atomic mass is 10.1. The summed E-state index contributed by atoms with van der Waals surface area (Å²) in [7, 11) is 4.22. The minimum Gasteiger partial charge on any atom is -0.311 e. The Morgan fingerprint density at radius 1 is 1.21 bits per heavy atom. The van der Waals surface area contributed by atoms with Crippen LogP contribution in [0.5, 0.6) is 0 Å². The molecule has 102 valence electrons. The number of nitrogens with zero attached hydrogens (tertiary/aromatic N) is 2. The Morgan fingerprint density at radius 3 is 2.74 bits per heavy atom. The molecule has 0 spiro atoms. The van der Waals surface area contributed by atoms with Crippen molar-refractivity contribution >= 4 is 10.9 Å². The van der Waals surface area contributed by atoms with E-state index < -0.39 is 0 Å². The molecule has 1 aromatic carbocycles. The van der Waals surface area contributed by atoms with Crippen molar-refractivity contribution in [2.24, 2.45) is 0 Å². The minimum absolute atomic E-state index is 0.546. The fraction of sp³-hybridized carbons (Fsp3) is 0.438. The van der Waals surface area contributed by atoms with Gasteiger partial charge in [0, 0.05) is 30.2 Å². The number of fused-ring (bicyclic) bond motifs is 1. The highest BCUT2D eigenvalue weighted by atomic mass is 15.1. The van der Waals surface area contributed by atoms with Crippen molar-refractivity contribution in [2.45, 2.75) is 26.4 Å². The fourth-order valence-electron chi connectivity index (χ4n) is 1.99. The zero-order valence-electron chi connectivity index (χ0n) is 12.3. The molecule has 0 aliphatic carbocycles. The van der Waals surface area contributed by atoms with Crippen LogP contribution in [0.15, 0.2) is 30.3 Å². The lowest BCUT2D eigenvalue weighted by molar-refractivity contribution is 0.302. The van der Waals surface area contributed by atoms with Crippen LogP contribution in [0.3, 0.4) is 0 Å². The predicted molar refractivity (Wildman–Crippen MR) is 81.3 cm³/mol. The molecule has 1 unspecified atom stereocenters. The molecular weight excluding hydrogens is 234 g/mol. The van der Waals surface area contributed by atoms with Gasteiger partial charge in [0.1, 0.15) is 0 Å². The summed E-state index contributed by atoms with van der Waals surface area (Å²) in [5.74, 6) is 0. The summed E-state index contributed by atoms with van der Waals surface area (Å²) in [5.41, 5.74) is 3.45. The number of hydrogen-bond acceptors (Lipinski definition) is 3. The zero-order chi connectivity index (χ0) is 13.8. The van der Waals surface area contributed by atoms with Gasteiger partial charge in [-0.15, -0.1) is 0 Å². The summed E-state index contributed by atoms with van der Waals surface area (Å²) >= 11 is 0. The Hall–Kier alpha value is -1.45. The van der Waals surface area contributed by atoms with Crippen LogP contribution in [0.2, 0.25) is 0 Å². The fourth-order valence-corrected chi connectivity index (χ4v) is 1.99. The summed E-state index contributed by atoms with van der Waals surface area (Å²) in [4.78, 5) is 6.74. The molecule has 1 heterocycles. The third-order valence-corrected chi connectivity index (χ3v) is 3.54. The highest BCUT2D eigenvalue weighted by Crippen LogP contribution is 2.14. The molecule has 1 atom stereocenters. The van der Waals surface area contributed by atoms with Crippen molar-refractivity contribution in [3.05, 3.63) is 41.6 Å². The largest absolute Gasteiger partial charge is 0.311 e. The molecule has 2 aromatic rings. The molecule has 0 saturated carbocycles. The minimum atomic E-state index is 0.546. The van der Waals surface area contributed by atoms with Crippen LogP contribution in [0.4, 0.5) is 0 Å². The van der Waals surface area contributed by atoms with E-state index >= 15 is 0 Å². The Labute approximate surface area is 115 Å². The van der Waals surface area contributed by atoms with Crippen molar-refractivity contribution in [3.63, 3.8) is 0 Å². The second-order valence-corrected chi connectivity index (χ2v) is 5.42. The molecule has 1 aromatic heterocycles. The third-order valence-electron chi connectivity index (χ3n) is 3.54. The van der Waals surface area contributed by atoms with Crippen LogP contribution in [-0.2, 0) is 6.54 Å². The van der Waals surface area contributed by atoms with Crippen LogP contribution >= 0.6 is 0 Å². The molecule has 19 heavy (non-hydrogen) atoms. The lowest BCUT2D eigenvalue weighted by Crippen LogP contribution is -2.35. The van der Waals surface area contributed by atoms with Crippen molar-refractivity contribution in [3.8, 4) is 0 Å². The van der Waals surface area contributed by atoms with Gasteiger partial charge in [-0.25, -0.2) is 0 Å². The maximum absolute atomic E-state index is 4.52. The monoisotopic (exact) mass is 257 g/mol. The van der Waals surface area contributed by atoms with Gasteiger partial charge in [-0.1, -0.05) is 12.1 Å². The summed E-state index contributed by atoms with van der Waals surface area (Å²) in [6.45, 7) is 6.15. The van der Waals surface area contributed by atoms with Crippen LogP contribution in [0.1, 0.15) is 18.2 Å². The normalized spacial score (nSPS) is 13.1. The number of benzene rings is 1. The molecule has 0 aliphatic heterocycles. The molecule has 2 rings (SSSR count).